The van der Waals surface area contributed by atoms with Gasteiger partial charge in [-0.3, -0.25) is 44.0 Å². The lowest BCUT2D eigenvalue weighted by Gasteiger charge is -2.13. The first-order valence-electron chi connectivity index (χ1n) is 19.6. The summed E-state index contributed by atoms with van der Waals surface area (Å²) < 4.78 is 17.5. The Bertz CT molecular complexity index is 2680. The predicted octanol–water partition coefficient (Wildman–Crippen LogP) is 3.26. The molecule has 7 N–H and O–H groups in total. The molecule has 0 aliphatic heterocycles. The summed E-state index contributed by atoms with van der Waals surface area (Å²) in [5.74, 6) is -2.28. The van der Waals surface area contributed by atoms with Crippen LogP contribution in [0.15, 0.2) is 48.6 Å². The maximum atomic E-state index is 13.7. The van der Waals surface area contributed by atoms with E-state index in [1.807, 2.05) is 13.8 Å². The summed E-state index contributed by atoms with van der Waals surface area (Å²) in [5.41, 5.74) is 15.8. The highest BCUT2D eigenvalue weighted by atomic mass is 16.5. The number of aliphatic hydroxyl groups excluding tert-OH is 1. The van der Waals surface area contributed by atoms with Crippen LogP contribution in [0.5, 0.6) is 5.75 Å². The second-order valence-corrected chi connectivity index (χ2v) is 14.0. The van der Waals surface area contributed by atoms with Crippen molar-refractivity contribution in [3.05, 3.63) is 88.0 Å². The van der Waals surface area contributed by atoms with E-state index in [9.17, 15) is 29.1 Å². The number of aliphatic hydroxyl groups is 1. The van der Waals surface area contributed by atoms with E-state index in [1.54, 1.807) is 62.7 Å². The second-order valence-electron chi connectivity index (χ2n) is 14.0. The van der Waals surface area contributed by atoms with E-state index < -0.39 is 29.6 Å². The summed E-state index contributed by atoms with van der Waals surface area (Å²) in [6.45, 7) is 8.40. The number of esters is 1. The highest BCUT2D eigenvalue weighted by molar-refractivity contribution is 6.05. The van der Waals surface area contributed by atoms with E-state index in [1.165, 1.54) is 25.3 Å². The van der Waals surface area contributed by atoms with Crippen LogP contribution in [0.3, 0.4) is 0 Å². The van der Waals surface area contributed by atoms with Crippen molar-refractivity contribution < 1.29 is 38.6 Å². The van der Waals surface area contributed by atoms with Gasteiger partial charge in [-0.15, -0.1) is 0 Å². The number of fused-ring (bicyclic) bond motifs is 2. The molecule has 0 aliphatic rings. The predicted molar refractivity (Wildman–Crippen MR) is 224 cm³/mol. The minimum atomic E-state index is -0.713. The molecule has 0 bridgehead atoms. The van der Waals surface area contributed by atoms with Crippen molar-refractivity contribution in [3.8, 4) is 5.75 Å². The van der Waals surface area contributed by atoms with Crippen LogP contribution < -0.4 is 26.8 Å². The molecule has 320 valence electrons. The van der Waals surface area contributed by atoms with Gasteiger partial charge < -0.3 is 35.2 Å². The Kier molecular flexibility index (Phi) is 13.3. The molecule has 0 fully saturated rings. The molecule has 0 atom stereocenters. The number of ether oxygens (including phenoxy) is 2. The molecule has 2 aromatic carbocycles. The van der Waals surface area contributed by atoms with E-state index in [0.717, 1.165) is 0 Å². The number of allylic oxidation sites excluding steroid dienone is 2. The maximum absolute atomic E-state index is 13.7. The molecule has 0 aliphatic carbocycles. The molecule has 6 aromatic rings. The van der Waals surface area contributed by atoms with E-state index in [-0.39, 0.29) is 67.9 Å². The molecule has 4 heterocycles. The van der Waals surface area contributed by atoms with Crippen molar-refractivity contribution in [2.75, 3.05) is 31.0 Å². The molecule has 0 saturated carbocycles. The molecule has 61 heavy (non-hydrogen) atoms. The van der Waals surface area contributed by atoms with Gasteiger partial charge in [-0.2, -0.15) is 10.2 Å². The number of carbonyl (C=O) groups excluding carboxylic acids is 5. The number of anilines is 2. The number of nitrogens with two attached hydrogens (primary N) is 2. The molecule has 20 heteroatoms. The molecule has 0 spiro atoms. The summed E-state index contributed by atoms with van der Waals surface area (Å²) >= 11 is 0. The average molecular weight is 837 g/mol. The SMILES string of the molecule is CCn1nc(C)cc1C(=O)Nc1nc2cc(C(N)=O)cc(CCC(=O)OC)c2n1C/C=C/Cn1c(NC(=O)c2cc(C)nn2CC)nc2cc(C(N)=O)cc(OCCCO)c21. The van der Waals surface area contributed by atoms with Gasteiger partial charge in [0.05, 0.1) is 41.7 Å². The zero-order chi connectivity index (χ0) is 44.0. The van der Waals surface area contributed by atoms with Gasteiger partial charge in [0.25, 0.3) is 11.8 Å². The fourth-order valence-corrected chi connectivity index (χ4v) is 6.93. The topological polar surface area (TPSA) is 271 Å². The Morgan fingerprint density at radius 2 is 1.26 bits per heavy atom. The summed E-state index contributed by atoms with van der Waals surface area (Å²) in [5, 5.41) is 24.0. The molecule has 4 aromatic heterocycles. The first-order valence-corrected chi connectivity index (χ1v) is 19.6. The van der Waals surface area contributed by atoms with Crippen LogP contribution in [0, 0.1) is 13.8 Å². The van der Waals surface area contributed by atoms with Crippen LogP contribution in [0.4, 0.5) is 11.9 Å². The number of carbonyl (C=O) groups is 5. The molecular weight excluding hydrogens is 789 g/mol. The monoisotopic (exact) mass is 836 g/mol. The van der Waals surface area contributed by atoms with Crippen LogP contribution in [0.2, 0.25) is 0 Å². The van der Waals surface area contributed by atoms with E-state index in [4.69, 9.17) is 30.9 Å². The highest BCUT2D eigenvalue weighted by Gasteiger charge is 2.24. The number of rotatable bonds is 19. The number of methoxy groups -OCH3 is 1. The van der Waals surface area contributed by atoms with Crippen molar-refractivity contribution in [1.29, 1.82) is 0 Å². The number of primary amides is 2. The van der Waals surface area contributed by atoms with Gasteiger partial charge in [-0.05, 0) is 76.1 Å². The zero-order valence-electron chi connectivity index (χ0n) is 34.5. The summed E-state index contributed by atoms with van der Waals surface area (Å²) in [4.78, 5) is 73.9. The second kappa shape index (κ2) is 18.7. The van der Waals surface area contributed by atoms with E-state index in [0.29, 0.717) is 69.9 Å². The van der Waals surface area contributed by atoms with Gasteiger partial charge in [0.15, 0.2) is 0 Å². The van der Waals surface area contributed by atoms with Crippen molar-refractivity contribution in [3.63, 3.8) is 0 Å². The number of aromatic nitrogens is 8. The minimum absolute atomic E-state index is 0.00746. The Morgan fingerprint density at radius 3 is 1.75 bits per heavy atom. The maximum Gasteiger partial charge on any atom is 0.305 e. The van der Waals surface area contributed by atoms with Crippen LogP contribution >= 0.6 is 0 Å². The first-order chi connectivity index (χ1) is 29.3. The smallest absolute Gasteiger partial charge is 0.305 e. The first kappa shape index (κ1) is 43.2. The number of hydrogen-bond donors (Lipinski definition) is 5. The number of hydrogen-bond acceptors (Lipinski definition) is 12. The third-order valence-corrected chi connectivity index (χ3v) is 9.74. The Labute approximate surface area is 349 Å². The largest absolute Gasteiger partial charge is 0.491 e. The minimum Gasteiger partial charge on any atom is -0.491 e. The number of nitrogens with one attached hydrogen (secondary N) is 2. The van der Waals surface area contributed by atoms with Crippen LogP contribution in [0.25, 0.3) is 22.1 Å². The summed E-state index contributed by atoms with van der Waals surface area (Å²) in [7, 11) is 1.28. The Balaban J connectivity index is 1.44. The van der Waals surface area contributed by atoms with E-state index in [2.05, 4.69) is 20.8 Å². The lowest BCUT2D eigenvalue weighted by atomic mass is 10.0. The van der Waals surface area contributed by atoms with Crippen LogP contribution in [-0.2, 0) is 42.1 Å². The van der Waals surface area contributed by atoms with Crippen LogP contribution in [-0.4, -0.2) is 93.7 Å². The number of imidazole rings is 2. The van der Waals surface area contributed by atoms with Gasteiger partial charge in [-0.1, -0.05) is 12.2 Å². The third-order valence-electron chi connectivity index (χ3n) is 9.74. The lowest BCUT2D eigenvalue weighted by molar-refractivity contribution is -0.140. The fraction of sp³-hybridized carbons (Fsp3) is 0.341. The van der Waals surface area contributed by atoms with Gasteiger partial charge in [0.1, 0.15) is 22.7 Å². The van der Waals surface area contributed by atoms with Crippen LogP contribution in [0.1, 0.15) is 85.3 Å². The number of amides is 4. The van der Waals surface area contributed by atoms with Gasteiger partial charge in [-0.25, -0.2) is 9.97 Å². The summed E-state index contributed by atoms with van der Waals surface area (Å²) in [6, 6.07) is 9.42. The number of nitrogens with zero attached hydrogens (tertiary/aromatic N) is 8. The Hall–Kier alpha value is -7.35. The van der Waals surface area contributed by atoms with E-state index >= 15 is 0 Å². The van der Waals surface area contributed by atoms with Crippen molar-refractivity contribution >= 4 is 63.6 Å². The molecule has 4 amide bonds. The molecule has 0 radical (unpaired) electrons. The highest BCUT2D eigenvalue weighted by Crippen LogP contribution is 2.32. The standard InChI is InChI=1S/C41H48N12O8/c1-6-52-30(17-23(3)48-52)38(58)46-40-44-28-20-26(36(42)56)19-25(11-12-33(55)60-5)34(28)50(40)13-8-9-14-51-35-29(21-27(37(43)57)22-32(35)61-16-10-15-54)45-41(51)47-39(59)31-18-24(4)49-53(31)7-2/h8-9,17-22,54H,6-7,10-16H2,1-5H3,(H2,42,56)(H2,43,57)(H,44,46,58)(H,45,47,59)/b9-8+. The third kappa shape index (κ3) is 9.43. The molecule has 6 rings (SSSR count). The van der Waals surface area contributed by atoms with Crippen molar-refractivity contribution in [2.45, 2.75) is 73.1 Å². The molecular formula is C41H48N12O8. The molecule has 0 unspecified atom stereocenters. The molecule has 0 saturated heterocycles. The van der Waals surface area contributed by atoms with Gasteiger partial charge in [0.2, 0.25) is 23.7 Å². The summed E-state index contributed by atoms with van der Waals surface area (Å²) in [6.07, 6.45) is 4.07. The lowest BCUT2D eigenvalue weighted by Crippen LogP contribution is -2.20. The average Bonchev–Trinajstić information content (AvgIpc) is 4.00. The number of benzene rings is 2. The fourth-order valence-electron chi connectivity index (χ4n) is 6.93. The molecule has 20 nitrogen and oxygen atoms in total. The van der Waals surface area contributed by atoms with Crippen molar-refractivity contribution in [2.24, 2.45) is 11.5 Å². The zero-order valence-corrected chi connectivity index (χ0v) is 34.5. The Morgan fingerprint density at radius 1 is 0.754 bits per heavy atom. The van der Waals surface area contributed by atoms with Gasteiger partial charge >= 0.3 is 5.97 Å². The quantitative estimate of drug-likeness (QED) is 0.0447. The number of aryl methyl sites for hydroxylation is 5. The van der Waals surface area contributed by atoms with Crippen molar-refractivity contribution in [1.82, 2.24) is 38.7 Å². The van der Waals surface area contributed by atoms with Gasteiger partial charge in [0, 0.05) is 56.8 Å². The normalized spacial score (nSPS) is 11.4.